The minimum Gasteiger partial charge on any atom is -0.343 e. The van der Waals surface area contributed by atoms with Crippen LogP contribution in [0.5, 0.6) is 0 Å². The maximum atomic E-state index is 4.79. The van der Waals surface area contributed by atoms with Crippen LogP contribution in [0.4, 0.5) is 0 Å². The van der Waals surface area contributed by atoms with Gasteiger partial charge in [-0.2, -0.15) is 0 Å². The average molecular weight is 320 g/mol. The highest BCUT2D eigenvalue weighted by atomic mass is 15.1. The number of imidazole rings is 1. The molecule has 1 aliphatic rings. The molecule has 3 aromatic rings. The van der Waals surface area contributed by atoms with Crippen molar-refractivity contribution in [1.82, 2.24) is 29.8 Å². The molecule has 3 aromatic heterocycles. The van der Waals surface area contributed by atoms with Crippen LogP contribution in [0, 0.1) is 0 Å². The molecule has 1 fully saturated rings. The summed E-state index contributed by atoms with van der Waals surface area (Å²) in [5.41, 5.74) is 3.12. The summed E-state index contributed by atoms with van der Waals surface area (Å²) >= 11 is 0. The lowest BCUT2D eigenvalue weighted by Gasteiger charge is -2.32. The van der Waals surface area contributed by atoms with E-state index in [1.54, 1.807) is 18.6 Å². The van der Waals surface area contributed by atoms with Crippen LogP contribution in [-0.2, 0) is 6.54 Å². The summed E-state index contributed by atoms with van der Waals surface area (Å²) in [4.78, 5) is 23.2. The van der Waals surface area contributed by atoms with Gasteiger partial charge in [-0.05, 0) is 31.0 Å². The molecule has 0 spiro atoms. The molecular weight excluding hydrogens is 300 g/mol. The quantitative estimate of drug-likeness (QED) is 0.800. The fraction of sp³-hybridized carbons (Fsp3) is 0.333. The molecule has 0 radical (unpaired) electrons. The molecule has 1 N–H and O–H groups in total. The first-order valence-corrected chi connectivity index (χ1v) is 8.31. The third-order valence-electron chi connectivity index (χ3n) is 4.45. The summed E-state index contributed by atoms with van der Waals surface area (Å²) in [6.07, 6.45) is 13.3. The number of nitrogens with zero attached hydrogens (tertiary/aromatic N) is 5. The Morgan fingerprint density at radius 3 is 3.00 bits per heavy atom. The van der Waals surface area contributed by atoms with Crippen LogP contribution in [0.25, 0.3) is 11.5 Å². The van der Waals surface area contributed by atoms with E-state index in [9.17, 15) is 0 Å². The Kier molecular flexibility index (Phi) is 4.29. The van der Waals surface area contributed by atoms with E-state index < -0.39 is 0 Å². The number of nitrogens with one attached hydrogen (secondary N) is 1. The standard InChI is InChI=1S/C18H20N6/c1-3-14(9-19-5-1)12-24-8-2-4-15(13-24)16-10-20-11-17(23-16)18-21-6-7-22-18/h1,3,5-7,9-11,15H,2,4,8,12-13H2,(H,21,22)/t15-/m1/s1. The molecule has 0 amide bonds. The molecular formula is C18H20N6. The summed E-state index contributed by atoms with van der Waals surface area (Å²) in [6, 6.07) is 4.13. The third-order valence-corrected chi connectivity index (χ3v) is 4.45. The minimum absolute atomic E-state index is 0.415. The van der Waals surface area contributed by atoms with Crippen molar-refractivity contribution in [2.45, 2.75) is 25.3 Å². The van der Waals surface area contributed by atoms with Crippen molar-refractivity contribution in [2.75, 3.05) is 13.1 Å². The van der Waals surface area contributed by atoms with Crippen molar-refractivity contribution in [3.63, 3.8) is 0 Å². The fourth-order valence-corrected chi connectivity index (χ4v) is 3.29. The van der Waals surface area contributed by atoms with Crippen molar-refractivity contribution in [2.24, 2.45) is 0 Å². The number of likely N-dealkylation sites (tertiary alicyclic amines) is 1. The predicted molar refractivity (Wildman–Crippen MR) is 91.1 cm³/mol. The highest BCUT2D eigenvalue weighted by Crippen LogP contribution is 2.27. The number of aromatic amines is 1. The lowest BCUT2D eigenvalue weighted by Crippen LogP contribution is -2.34. The van der Waals surface area contributed by atoms with Gasteiger partial charge in [0.25, 0.3) is 0 Å². The highest BCUT2D eigenvalue weighted by molar-refractivity contribution is 5.47. The lowest BCUT2D eigenvalue weighted by molar-refractivity contribution is 0.198. The Labute approximate surface area is 141 Å². The summed E-state index contributed by atoms with van der Waals surface area (Å²) in [7, 11) is 0. The van der Waals surface area contributed by atoms with Crippen molar-refractivity contribution in [3.05, 3.63) is 60.6 Å². The first-order valence-electron chi connectivity index (χ1n) is 8.31. The molecule has 24 heavy (non-hydrogen) atoms. The van der Waals surface area contributed by atoms with Crippen molar-refractivity contribution in [1.29, 1.82) is 0 Å². The van der Waals surface area contributed by atoms with Gasteiger partial charge < -0.3 is 4.98 Å². The third kappa shape index (κ3) is 3.33. The molecule has 0 unspecified atom stereocenters. The molecule has 122 valence electrons. The minimum atomic E-state index is 0.415. The first-order chi connectivity index (χ1) is 11.9. The summed E-state index contributed by atoms with van der Waals surface area (Å²) < 4.78 is 0. The highest BCUT2D eigenvalue weighted by Gasteiger charge is 2.23. The van der Waals surface area contributed by atoms with E-state index in [0.717, 1.165) is 43.3 Å². The number of hydrogen-bond donors (Lipinski definition) is 1. The lowest BCUT2D eigenvalue weighted by atomic mass is 9.94. The van der Waals surface area contributed by atoms with Crippen LogP contribution in [0.3, 0.4) is 0 Å². The zero-order valence-corrected chi connectivity index (χ0v) is 13.5. The molecule has 0 aromatic carbocycles. The number of aromatic nitrogens is 5. The van der Waals surface area contributed by atoms with Gasteiger partial charge in [0.1, 0.15) is 5.69 Å². The van der Waals surface area contributed by atoms with Crippen LogP contribution >= 0.6 is 0 Å². The van der Waals surface area contributed by atoms with E-state index >= 15 is 0 Å². The second-order valence-electron chi connectivity index (χ2n) is 6.20. The Hall–Kier alpha value is -2.60. The summed E-state index contributed by atoms with van der Waals surface area (Å²) in [6.45, 7) is 3.07. The molecule has 4 rings (SSSR count). The zero-order valence-electron chi connectivity index (χ0n) is 13.5. The van der Waals surface area contributed by atoms with Crippen molar-refractivity contribution < 1.29 is 0 Å². The van der Waals surface area contributed by atoms with Gasteiger partial charge in [-0.15, -0.1) is 0 Å². The summed E-state index contributed by atoms with van der Waals surface area (Å²) in [5, 5.41) is 0. The smallest absolute Gasteiger partial charge is 0.157 e. The number of rotatable bonds is 4. The monoisotopic (exact) mass is 320 g/mol. The molecule has 0 saturated carbocycles. The topological polar surface area (TPSA) is 70.6 Å². The van der Waals surface area contributed by atoms with E-state index in [-0.39, 0.29) is 0 Å². The molecule has 0 bridgehead atoms. The molecule has 1 aliphatic heterocycles. The number of pyridine rings is 1. The normalized spacial score (nSPS) is 18.6. The van der Waals surface area contributed by atoms with Gasteiger partial charge in [0, 0.05) is 50.0 Å². The van der Waals surface area contributed by atoms with E-state index in [0.29, 0.717) is 5.92 Å². The average Bonchev–Trinajstić information content (AvgIpc) is 3.18. The predicted octanol–water partition coefficient (Wildman–Crippen LogP) is 2.64. The van der Waals surface area contributed by atoms with E-state index in [2.05, 4.69) is 30.9 Å². The molecule has 6 heteroatoms. The Morgan fingerprint density at radius 1 is 1.17 bits per heavy atom. The van der Waals surface area contributed by atoms with Crippen LogP contribution < -0.4 is 0 Å². The van der Waals surface area contributed by atoms with E-state index in [1.165, 1.54) is 12.0 Å². The first kappa shape index (κ1) is 15.0. The number of piperidine rings is 1. The van der Waals surface area contributed by atoms with Crippen molar-refractivity contribution in [3.8, 4) is 11.5 Å². The second-order valence-corrected chi connectivity index (χ2v) is 6.20. The Morgan fingerprint density at radius 2 is 2.17 bits per heavy atom. The van der Waals surface area contributed by atoms with Gasteiger partial charge in [0.05, 0.1) is 11.9 Å². The van der Waals surface area contributed by atoms with Gasteiger partial charge in [0.2, 0.25) is 0 Å². The van der Waals surface area contributed by atoms with Gasteiger partial charge >= 0.3 is 0 Å². The number of H-pyrrole nitrogens is 1. The van der Waals surface area contributed by atoms with Crippen molar-refractivity contribution >= 4 is 0 Å². The van der Waals surface area contributed by atoms with Gasteiger partial charge in [-0.1, -0.05) is 6.07 Å². The van der Waals surface area contributed by atoms with E-state index in [4.69, 9.17) is 4.98 Å². The second kappa shape index (κ2) is 6.88. The van der Waals surface area contributed by atoms with Gasteiger partial charge in [0.15, 0.2) is 5.82 Å². The molecule has 0 aliphatic carbocycles. The van der Waals surface area contributed by atoms with Gasteiger partial charge in [-0.25, -0.2) is 9.97 Å². The van der Waals surface area contributed by atoms with Crippen LogP contribution in [0.1, 0.15) is 30.0 Å². The largest absolute Gasteiger partial charge is 0.343 e. The zero-order chi connectivity index (χ0) is 16.2. The van der Waals surface area contributed by atoms with Crippen LogP contribution in [0.2, 0.25) is 0 Å². The summed E-state index contributed by atoms with van der Waals surface area (Å²) in [5.74, 6) is 1.19. The Balaban J connectivity index is 1.49. The van der Waals surface area contributed by atoms with Crippen LogP contribution in [0.15, 0.2) is 49.3 Å². The van der Waals surface area contributed by atoms with E-state index in [1.807, 2.05) is 24.7 Å². The molecule has 1 atom stereocenters. The Bertz CT molecular complexity index is 771. The molecule has 1 saturated heterocycles. The number of hydrogen-bond acceptors (Lipinski definition) is 5. The maximum absolute atomic E-state index is 4.79. The van der Waals surface area contributed by atoms with Gasteiger partial charge in [-0.3, -0.25) is 14.9 Å². The maximum Gasteiger partial charge on any atom is 0.157 e. The fourth-order valence-electron chi connectivity index (χ4n) is 3.29. The molecule has 6 nitrogen and oxygen atoms in total. The van der Waals surface area contributed by atoms with Crippen LogP contribution in [-0.4, -0.2) is 42.9 Å². The molecule has 4 heterocycles. The SMILES string of the molecule is c1cncc(CN2CCC[C@@H](c3cncc(-c4ncc[nH]4)n3)C2)c1.